The minimum atomic E-state index is -5.48. The van der Waals surface area contributed by atoms with E-state index in [0.717, 1.165) is 0 Å². The minimum absolute atomic E-state index is 0.0143. The number of carbonyl (C=O) groups is 1. The molecule has 0 aliphatic heterocycles. The number of alkyl halides is 6. The molecule has 100 valence electrons. The topological polar surface area (TPSA) is 43.1 Å². The molecule has 0 radical (unpaired) electrons. The molecule has 18 heavy (non-hydrogen) atoms. The fourth-order valence-electron chi connectivity index (χ4n) is 1.33. The van der Waals surface area contributed by atoms with Crippen molar-refractivity contribution in [2.75, 3.05) is 0 Å². The van der Waals surface area contributed by atoms with Crippen LogP contribution >= 0.6 is 0 Å². The smallest absolute Gasteiger partial charge is 0.366 e. The van der Waals surface area contributed by atoms with Crippen LogP contribution < -0.4 is 5.73 Å². The van der Waals surface area contributed by atoms with Gasteiger partial charge in [-0.15, -0.1) is 0 Å². The number of hydrogen-bond donors (Lipinski definition) is 1. The first-order valence-corrected chi connectivity index (χ1v) is 4.22. The highest BCUT2D eigenvalue weighted by Gasteiger charge is 2.46. The number of halogens is 7. The van der Waals surface area contributed by atoms with E-state index in [9.17, 15) is 35.5 Å². The summed E-state index contributed by atoms with van der Waals surface area (Å²) in [6.45, 7) is 0. The van der Waals surface area contributed by atoms with Crippen molar-refractivity contribution in [3.8, 4) is 0 Å². The van der Waals surface area contributed by atoms with Gasteiger partial charge in [-0.05, 0) is 12.1 Å². The summed E-state index contributed by atoms with van der Waals surface area (Å²) >= 11 is 0. The molecular weight excluding hydrogens is 271 g/mol. The summed E-state index contributed by atoms with van der Waals surface area (Å²) < 4.78 is 87.5. The Bertz CT molecular complexity index is 489. The van der Waals surface area contributed by atoms with E-state index in [1.807, 2.05) is 0 Å². The molecule has 0 aromatic heterocycles. The van der Waals surface area contributed by atoms with Crippen LogP contribution in [-0.4, -0.2) is 5.91 Å². The van der Waals surface area contributed by atoms with Crippen LogP contribution in [0.4, 0.5) is 30.7 Å². The molecule has 0 saturated heterocycles. The van der Waals surface area contributed by atoms with Crippen LogP contribution in [0, 0.1) is 5.82 Å². The van der Waals surface area contributed by atoms with Crippen molar-refractivity contribution in [2.45, 2.75) is 12.4 Å². The second-order valence-electron chi connectivity index (χ2n) is 3.24. The summed E-state index contributed by atoms with van der Waals surface area (Å²) in [4.78, 5) is 10.7. The highest BCUT2D eigenvalue weighted by Crippen LogP contribution is 2.42. The Morgan fingerprint density at radius 2 is 1.50 bits per heavy atom. The molecular formula is C9H4F7NO. The van der Waals surface area contributed by atoms with Crippen molar-refractivity contribution in [1.29, 1.82) is 0 Å². The van der Waals surface area contributed by atoms with E-state index < -0.39 is 40.8 Å². The first-order valence-electron chi connectivity index (χ1n) is 4.22. The van der Waals surface area contributed by atoms with Crippen molar-refractivity contribution in [3.63, 3.8) is 0 Å². The number of benzene rings is 1. The van der Waals surface area contributed by atoms with Gasteiger partial charge in [0.25, 0.3) is 0 Å². The maximum absolute atomic E-state index is 12.8. The standard InChI is InChI=1S/C9H4F7NO/c10-3-1-4(7(17)18)6(9(14,15)16)5(2-3)8(11,12)13/h1-2H,(H2,17,18). The summed E-state index contributed by atoms with van der Waals surface area (Å²) in [5.41, 5.74) is -1.62. The van der Waals surface area contributed by atoms with Crippen LogP contribution in [0.3, 0.4) is 0 Å². The predicted molar refractivity (Wildman–Crippen MR) is 44.9 cm³/mol. The molecule has 0 spiro atoms. The van der Waals surface area contributed by atoms with E-state index >= 15 is 0 Å². The van der Waals surface area contributed by atoms with Gasteiger partial charge >= 0.3 is 12.4 Å². The van der Waals surface area contributed by atoms with E-state index in [1.165, 1.54) is 0 Å². The Labute approximate surface area is 95.2 Å². The van der Waals surface area contributed by atoms with E-state index in [0.29, 0.717) is 0 Å². The Morgan fingerprint density at radius 3 is 1.83 bits per heavy atom. The molecule has 1 aromatic carbocycles. The first kappa shape index (κ1) is 14.3. The molecule has 0 unspecified atom stereocenters. The van der Waals surface area contributed by atoms with Gasteiger partial charge in [0, 0.05) is 0 Å². The second-order valence-corrected chi connectivity index (χ2v) is 3.24. The molecule has 1 amide bonds. The number of nitrogens with two attached hydrogens (primary N) is 1. The summed E-state index contributed by atoms with van der Waals surface area (Å²) in [5, 5.41) is 0. The number of primary amides is 1. The molecule has 1 rings (SSSR count). The zero-order valence-electron chi connectivity index (χ0n) is 8.29. The fraction of sp³-hybridized carbons (Fsp3) is 0.222. The Kier molecular flexibility index (Phi) is 3.28. The van der Waals surface area contributed by atoms with Crippen LogP contribution in [0.1, 0.15) is 21.5 Å². The third-order valence-electron chi connectivity index (χ3n) is 1.96. The third-order valence-corrected chi connectivity index (χ3v) is 1.96. The average molecular weight is 275 g/mol. The zero-order chi connectivity index (χ0) is 14.3. The molecule has 9 heteroatoms. The Hall–Kier alpha value is -1.80. The predicted octanol–water partition coefficient (Wildman–Crippen LogP) is 2.96. The van der Waals surface area contributed by atoms with Gasteiger partial charge in [-0.1, -0.05) is 0 Å². The number of carbonyl (C=O) groups excluding carboxylic acids is 1. The first-order chi connectivity index (χ1) is 7.94. The second kappa shape index (κ2) is 4.14. The number of hydrogen-bond acceptors (Lipinski definition) is 1. The van der Waals surface area contributed by atoms with E-state index in [1.54, 1.807) is 0 Å². The van der Waals surface area contributed by atoms with Crippen molar-refractivity contribution in [2.24, 2.45) is 5.73 Å². The van der Waals surface area contributed by atoms with Gasteiger partial charge in [0.05, 0.1) is 16.7 Å². The zero-order valence-corrected chi connectivity index (χ0v) is 8.29. The lowest BCUT2D eigenvalue weighted by Crippen LogP contribution is -2.24. The molecule has 1 aromatic rings. The minimum Gasteiger partial charge on any atom is -0.366 e. The molecule has 0 saturated carbocycles. The molecule has 2 nitrogen and oxygen atoms in total. The summed E-state index contributed by atoms with van der Waals surface area (Å²) in [5.74, 6) is -3.43. The van der Waals surface area contributed by atoms with Crippen LogP contribution in [0.2, 0.25) is 0 Å². The molecule has 0 aliphatic rings. The maximum atomic E-state index is 12.8. The fourth-order valence-corrected chi connectivity index (χ4v) is 1.33. The molecule has 0 aliphatic carbocycles. The van der Waals surface area contributed by atoms with Gasteiger partial charge in [-0.25, -0.2) is 4.39 Å². The van der Waals surface area contributed by atoms with Crippen molar-refractivity contribution in [1.82, 2.24) is 0 Å². The van der Waals surface area contributed by atoms with Crippen molar-refractivity contribution in [3.05, 3.63) is 34.6 Å². The van der Waals surface area contributed by atoms with Gasteiger partial charge < -0.3 is 5.73 Å². The monoisotopic (exact) mass is 275 g/mol. The molecule has 0 atom stereocenters. The van der Waals surface area contributed by atoms with Crippen molar-refractivity contribution >= 4 is 5.91 Å². The SMILES string of the molecule is NC(=O)c1cc(F)cc(C(F)(F)F)c1C(F)(F)F. The van der Waals surface area contributed by atoms with Crippen LogP contribution in [0.15, 0.2) is 12.1 Å². The quantitative estimate of drug-likeness (QED) is 0.787. The van der Waals surface area contributed by atoms with Gasteiger partial charge in [0.1, 0.15) is 5.82 Å². The highest BCUT2D eigenvalue weighted by atomic mass is 19.4. The van der Waals surface area contributed by atoms with E-state index in [2.05, 4.69) is 5.73 Å². The van der Waals surface area contributed by atoms with Gasteiger partial charge in [0.15, 0.2) is 0 Å². The van der Waals surface area contributed by atoms with E-state index in [-0.39, 0.29) is 12.1 Å². The molecule has 0 bridgehead atoms. The Balaban J connectivity index is 3.76. The lowest BCUT2D eigenvalue weighted by Gasteiger charge is -2.17. The van der Waals surface area contributed by atoms with E-state index in [4.69, 9.17) is 0 Å². The molecule has 2 N–H and O–H groups in total. The summed E-state index contributed by atoms with van der Waals surface area (Å²) in [6.07, 6.45) is -10.9. The molecule has 0 heterocycles. The van der Waals surface area contributed by atoms with Crippen LogP contribution in [-0.2, 0) is 12.4 Å². The number of amides is 1. The summed E-state index contributed by atoms with van der Waals surface area (Å²) in [6, 6.07) is -0.324. The number of rotatable bonds is 1. The van der Waals surface area contributed by atoms with Gasteiger partial charge in [-0.3, -0.25) is 4.79 Å². The van der Waals surface area contributed by atoms with Crippen LogP contribution in [0.5, 0.6) is 0 Å². The normalized spacial score (nSPS) is 12.6. The highest BCUT2D eigenvalue weighted by molar-refractivity contribution is 5.95. The molecule has 0 fully saturated rings. The largest absolute Gasteiger partial charge is 0.417 e. The van der Waals surface area contributed by atoms with Gasteiger partial charge in [0.2, 0.25) is 5.91 Å². The van der Waals surface area contributed by atoms with Crippen LogP contribution in [0.25, 0.3) is 0 Å². The van der Waals surface area contributed by atoms with Crippen molar-refractivity contribution < 1.29 is 35.5 Å². The van der Waals surface area contributed by atoms with Gasteiger partial charge in [-0.2, -0.15) is 26.3 Å². The lowest BCUT2D eigenvalue weighted by atomic mass is 9.99. The lowest BCUT2D eigenvalue weighted by molar-refractivity contribution is -0.162. The Morgan fingerprint density at radius 1 is 1.00 bits per heavy atom. The summed E-state index contributed by atoms with van der Waals surface area (Å²) in [7, 11) is 0. The third kappa shape index (κ3) is 2.71. The average Bonchev–Trinajstić information content (AvgIpc) is 2.12. The maximum Gasteiger partial charge on any atom is 0.417 e.